The summed E-state index contributed by atoms with van der Waals surface area (Å²) in [5.41, 5.74) is 1.35. The second kappa shape index (κ2) is 8.02. The molecule has 25 heavy (non-hydrogen) atoms. The number of esters is 1. The van der Waals surface area contributed by atoms with E-state index >= 15 is 0 Å². The number of H-pyrrole nitrogens is 1. The summed E-state index contributed by atoms with van der Waals surface area (Å²) in [7, 11) is 1.46. The van der Waals surface area contributed by atoms with Crippen molar-refractivity contribution in [1.82, 2.24) is 4.98 Å². The third-order valence-corrected chi connectivity index (χ3v) is 3.41. The topological polar surface area (TPSA) is 101 Å². The van der Waals surface area contributed by atoms with Crippen LogP contribution in [0.15, 0.2) is 29.1 Å². The van der Waals surface area contributed by atoms with Gasteiger partial charge in [0.05, 0.1) is 13.7 Å². The van der Waals surface area contributed by atoms with Crippen molar-refractivity contribution < 1.29 is 19.0 Å². The minimum Gasteiger partial charge on any atom is -0.493 e. The molecule has 2 rings (SSSR count). The molecule has 0 atom stereocenters. The number of ether oxygens (including phenoxy) is 3. The lowest BCUT2D eigenvalue weighted by Crippen LogP contribution is -2.15. The Morgan fingerprint density at radius 1 is 1.28 bits per heavy atom. The molecule has 1 aromatic carbocycles. The first-order chi connectivity index (χ1) is 12.0. The summed E-state index contributed by atoms with van der Waals surface area (Å²) in [6.07, 6.45) is 0. The van der Waals surface area contributed by atoms with E-state index in [0.717, 1.165) is 0 Å². The molecule has 0 unspecified atom stereocenters. The van der Waals surface area contributed by atoms with Gasteiger partial charge in [-0.1, -0.05) is 6.07 Å². The average molecular weight is 342 g/mol. The number of carbonyl (C=O) groups is 1. The fourth-order valence-electron chi connectivity index (χ4n) is 2.32. The van der Waals surface area contributed by atoms with Crippen LogP contribution in [0.3, 0.4) is 0 Å². The molecule has 1 N–H and O–H groups in total. The summed E-state index contributed by atoms with van der Waals surface area (Å²) in [4.78, 5) is 25.9. The van der Waals surface area contributed by atoms with Gasteiger partial charge in [-0.05, 0) is 37.6 Å². The lowest BCUT2D eigenvalue weighted by atomic mass is 10.0. The van der Waals surface area contributed by atoms with Crippen molar-refractivity contribution in [3.8, 4) is 28.7 Å². The van der Waals surface area contributed by atoms with Crippen LogP contribution in [0, 0.1) is 18.3 Å². The monoisotopic (exact) mass is 342 g/mol. The molecule has 0 radical (unpaired) electrons. The minimum atomic E-state index is -0.481. The van der Waals surface area contributed by atoms with E-state index in [1.165, 1.54) is 7.11 Å². The summed E-state index contributed by atoms with van der Waals surface area (Å²) in [6, 6.07) is 8.59. The maximum Gasteiger partial charge on any atom is 0.344 e. The Balaban J connectivity index is 2.38. The summed E-state index contributed by atoms with van der Waals surface area (Å²) in [6.45, 7) is 3.48. The fraction of sp³-hybridized carbons (Fsp3) is 0.278. The SMILES string of the molecule is CCOC(=O)COc1ccc(-c2cc(C)[nH]c(=O)c2C#N)cc1OC. The van der Waals surface area contributed by atoms with E-state index in [4.69, 9.17) is 14.2 Å². The Morgan fingerprint density at radius 3 is 2.68 bits per heavy atom. The predicted molar refractivity (Wildman–Crippen MR) is 90.6 cm³/mol. The maximum atomic E-state index is 11.9. The van der Waals surface area contributed by atoms with Crippen LogP contribution in [0.4, 0.5) is 0 Å². The number of carbonyl (C=O) groups excluding carboxylic acids is 1. The van der Waals surface area contributed by atoms with E-state index in [2.05, 4.69) is 4.98 Å². The van der Waals surface area contributed by atoms with Crippen molar-refractivity contribution >= 4 is 5.97 Å². The van der Waals surface area contributed by atoms with Crippen LogP contribution < -0.4 is 15.0 Å². The van der Waals surface area contributed by atoms with Gasteiger partial charge in [0.2, 0.25) is 0 Å². The molecule has 130 valence electrons. The Labute approximate surface area is 144 Å². The van der Waals surface area contributed by atoms with Gasteiger partial charge in [0.15, 0.2) is 18.1 Å². The molecule has 0 saturated heterocycles. The summed E-state index contributed by atoms with van der Waals surface area (Å²) in [5, 5.41) is 9.25. The summed E-state index contributed by atoms with van der Waals surface area (Å²) in [5.74, 6) is 0.258. The standard InChI is InChI=1S/C18H18N2O5/c1-4-24-17(21)10-25-15-6-5-12(8-16(15)23-3)13-7-11(2)20-18(22)14(13)9-19/h5-8H,4,10H2,1-3H3,(H,20,22). The van der Waals surface area contributed by atoms with Crippen LogP contribution in [-0.2, 0) is 9.53 Å². The Morgan fingerprint density at radius 2 is 2.04 bits per heavy atom. The fourth-order valence-corrected chi connectivity index (χ4v) is 2.32. The van der Waals surface area contributed by atoms with E-state index in [0.29, 0.717) is 28.3 Å². The number of rotatable bonds is 6. The van der Waals surface area contributed by atoms with Gasteiger partial charge in [-0.3, -0.25) is 4.79 Å². The van der Waals surface area contributed by atoms with Gasteiger partial charge in [-0.2, -0.15) is 5.26 Å². The number of hydrogen-bond acceptors (Lipinski definition) is 6. The number of aromatic nitrogens is 1. The Hall–Kier alpha value is -3.27. The third-order valence-electron chi connectivity index (χ3n) is 3.41. The highest BCUT2D eigenvalue weighted by Crippen LogP contribution is 2.33. The lowest BCUT2D eigenvalue weighted by molar-refractivity contribution is -0.145. The van der Waals surface area contributed by atoms with Gasteiger partial charge in [-0.25, -0.2) is 4.79 Å². The number of nitriles is 1. The molecule has 7 heteroatoms. The van der Waals surface area contributed by atoms with Crippen LogP contribution >= 0.6 is 0 Å². The number of benzene rings is 1. The first kappa shape index (κ1) is 18.1. The lowest BCUT2D eigenvalue weighted by Gasteiger charge is -2.12. The highest BCUT2D eigenvalue weighted by molar-refractivity contribution is 5.73. The molecular weight excluding hydrogens is 324 g/mol. The van der Waals surface area contributed by atoms with Crippen LogP contribution in [0.1, 0.15) is 18.2 Å². The largest absolute Gasteiger partial charge is 0.493 e. The summed E-state index contributed by atoms with van der Waals surface area (Å²) >= 11 is 0. The molecule has 0 aliphatic heterocycles. The second-order valence-corrected chi connectivity index (χ2v) is 5.14. The van der Waals surface area contributed by atoms with Crippen LogP contribution in [0.5, 0.6) is 11.5 Å². The number of aromatic amines is 1. The molecule has 0 bridgehead atoms. The number of nitrogens with zero attached hydrogens (tertiary/aromatic N) is 1. The summed E-state index contributed by atoms with van der Waals surface area (Å²) < 4.78 is 15.5. The molecule has 0 amide bonds. The van der Waals surface area contributed by atoms with Gasteiger partial charge in [0, 0.05) is 11.3 Å². The minimum absolute atomic E-state index is 0.0212. The highest BCUT2D eigenvalue weighted by atomic mass is 16.6. The van der Waals surface area contributed by atoms with Crippen molar-refractivity contribution in [2.45, 2.75) is 13.8 Å². The molecule has 1 aromatic heterocycles. The van der Waals surface area contributed by atoms with Crippen molar-refractivity contribution in [1.29, 1.82) is 5.26 Å². The number of aryl methyl sites for hydroxylation is 1. The van der Waals surface area contributed by atoms with E-state index in [-0.39, 0.29) is 18.8 Å². The van der Waals surface area contributed by atoms with Gasteiger partial charge >= 0.3 is 5.97 Å². The smallest absolute Gasteiger partial charge is 0.344 e. The normalized spacial score (nSPS) is 10.0. The van der Waals surface area contributed by atoms with Gasteiger partial charge in [0.1, 0.15) is 11.6 Å². The number of hydrogen-bond donors (Lipinski definition) is 1. The van der Waals surface area contributed by atoms with E-state index in [1.54, 1.807) is 38.1 Å². The highest BCUT2D eigenvalue weighted by Gasteiger charge is 2.14. The Bertz CT molecular complexity index is 880. The molecule has 0 aliphatic rings. The maximum absolute atomic E-state index is 11.9. The first-order valence-electron chi connectivity index (χ1n) is 7.61. The van der Waals surface area contributed by atoms with Crippen LogP contribution in [0.2, 0.25) is 0 Å². The number of pyridine rings is 1. The van der Waals surface area contributed by atoms with Crippen LogP contribution in [0.25, 0.3) is 11.1 Å². The molecule has 0 aliphatic carbocycles. The molecule has 0 saturated carbocycles. The molecule has 7 nitrogen and oxygen atoms in total. The van der Waals surface area contributed by atoms with Crippen molar-refractivity contribution in [3.05, 3.63) is 45.9 Å². The van der Waals surface area contributed by atoms with Crippen molar-refractivity contribution in [2.75, 3.05) is 20.3 Å². The first-order valence-corrected chi connectivity index (χ1v) is 7.61. The zero-order valence-corrected chi connectivity index (χ0v) is 14.2. The predicted octanol–water partition coefficient (Wildman–Crippen LogP) is 2.17. The van der Waals surface area contributed by atoms with E-state index < -0.39 is 11.5 Å². The average Bonchev–Trinajstić information content (AvgIpc) is 2.59. The number of methoxy groups -OCH3 is 1. The van der Waals surface area contributed by atoms with Gasteiger partial charge < -0.3 is 19.2 Å². The third kappa shape index (κ3) is 4.18. The molecule has 1 heterocycles. The zero-order chi connectivity index (χ0) is 18.4. The Kier molecular flexibility index (Phi) is 5.79. The van der Waals surface area contributed by atoms with Crippen molar-refractivity contribution in [2.24, 2.45) is 0 Å². The van der Waals surface area contributed by atoms with E-state index in [9.17, 15) is 14.9 Å². The van der Waals surface area contributed by atoms with Crippen LogP contribution in [-0.4, -0.2) is 31.3 Å². The van der Waals surface area contributed by atoms with Gasteiger partial charge in [0.25, 0.3) is 5.56 Å². The zero-order valence-electron chi connectivity index (χ0n) is 14.2. The molecule has 2 aromatic rings. The molecule has 0 spiro atoms. The second-order valence-electron chi connectivity index (χ2n) is 5.14. The quantitative estimate of drug-likeness (QED) is 0.807. The number of nitrogens with one attached hydrogen (secondary N) is 1. The van der Waals surface area contributed by atoms with E-state index in [1.807, 2.05) is 6.07 Å². The van der Waals surface area contributed by atoms with Gasteiger partial charge in [-0.15, -0.1) is 0 Å². The van der Waals surface area contributed by atoms with Crippen molar-refractivity contribution in [3.63, 3.8) is 0 Å². The molecular formula is C18H18N2O5. The molecule has 0 fully saturated rings.